The second kappa shape index (κ2) is 4.84. The molecule has 0 atom stereocenters. The third-order valence-corrected chi connectivity index (χ3v) is 2.03. The Bertz CT molecular complexity index is 192. The summed E-state index contributed by atoms with van der Waals surface area (Å²) < 4.78 is 5.23. The Labute approximate surface area is 73.2 Å². The normalized spacial score (nSPS) is 28.4. The maximum atomic E-state index is 9.19. The molecule has 0 aromatic heterocycles. The molecule has 1 saturated carbocycles. The van der Waals surface area contributed by atoms with Gasteiger partial charge in [0.1, 0.15) is 12.2 Å². The van der Waals surface area contributed by atoms with E-state index in [1.807, 2.05) is 0 Å². The number of aliphatic hydroxyl groups excluding tert-OH is 1. The van der Waals surface area contributed by atoms with Crippen molar-refractivity contribution in [3.63, 3.8) is 0 Å². The SMILES string of the molecule is C=CC#COC1CCC(O)CC1. The summed E-state index contributed by atoms with van der Waals surface area (Å²) in [5.41, 5.74) is 0. The molecule has 0 aromatic carbocycles. The van der Waals surface area contributed by atoms with Crippen molar-refractivity contribution in [1.29, 1.82) is 0 Å². The van der Waals surface area contributed by atoms with Gasteiger partial charge in [0.25, 0.3) is 0 Å². The fourth-order valence-corrected chi connectivity index (χ4v) is 1.32. The summed E-state index contributed by atoms with van der Waals surface area (Å²) >= 11 is 0. The van der Waals surface area contributed by atoms with Crippen molar-refractivity contribution in [3.05, 3.63) is 12.7 Å². The Hall–Kier alpha value is -0.940. The molecule has 1 N–H and O–H groups in total. The van der Waals surface area contributed by atoms with E-state index in [2.05, 4.69) is 18.6 Å². The minimum Gasteiger partial charge on any atom is -0.443 e. The monoisotopic (exact) mass is 166 g/mol. The van der Waals surface area contributed by atoms with Crippen LogP contribution >= 0.6 is 0 Å². The van der Waals surface area contributed by atoms with Gasteiger partial charge in [-0.05, 0) is 37.7 Å². The molecule has 0 spiro atoms. The standard InChI is InChI=1S/C10H14O2/c1-2-3-8-12-10-6-4-9(11)5-7-10/h2,9-11H,1,4-7H2. The van der Waals surface area contributed by atoms with E-state index in [1.165, 1.54) is 6.08 Å². The topological polar surface area (TPSA) is 29.5 Å². The van der Waals surface area contributed by atoms with E-state index in [9.17, 15) is 5.11 Å². The summed E-state index contributed by atoms with van der Waals surface area (Å²) in [7, 11) is 0. The van der Waals surface area contributed by atoms with Gasteiger partial charge in [-0.25, -0.2) is 0 Å². The lowest BCUT2D eigenvalue weighted by Crippen LogP contribution is -2.22. The molecule has 0 unspecified atom stereocenters. The van der Waals surface area contributed by atoms with Gasteiger partial charge in [0.2, 0.25) is 0 Å². The number of hydrogen-bond donors (Lipinski definition) is 1. The summed E-state index contributed by atoms with van der Waals surface area (Å²) in [6, 6.07) is 0. The average molecular weight is 166 g/mol. The van der Waals surface area contributed by atoms with Crippen molar-refractivity contribution in [3.8, 4) is 12.0 Å². The first kappa shape index (κ1) is 9.15. The second-order valence-corrected chi connectivity index (χ2v) is 3.00. The lowest BCUT2D eigenvalue weighted by molar-refractivity contribution is 0.0528. The predicted octanol–water partition coefficient (Wildman–Crippen LogP) is 1.45. The Morgan fingerprint density at radius 3 is 2.58 bits per heavy atom. The molecule has 1 rings (SSSR count). The first-order valence-electron chi connectivity index (χ1n) is 4.28. The van der Waals surface area contributed by atoms with Gasteiger partial charge in [0.15, 0.2) is 0 Å². The van der Waals surface area contributed by atoms with Crippen molar-refractivity contribution in [2.75, 3.05) is 0 Å². The molecule has 0 amide bonds. The van der Waals surface area contributed by atoms with Gasteiger partial charge in [-0.15, -0.1) is 0 Å². The van der Waals surface area contributed by atoms with Gasteiger partial charge in [-0.1, -0.05) is 6.58 Å². The molecular formula is C10H14O2. The lowest BCUT2D eigenvalue weighted by Gasteiger charge is -2.23. The van der Waals surface area contributed by atoms with Crippen molar-refractivity contribution in [2.24, 2.45) is 0 Å². The highest BCUT2D eigenvalue weighted by Crippen LogP contribution is 2.20. The lowest BCUT2D eigenvalue weighted by atomic mass is 9.95. The number of allylic oxidation sites excluding steroid dienone is 1. The second-order valence-electron chi connectivity index (χ2n) is 3.00. The average Bonchev–Trinajstić information content (AvgIpc) is 2.09. The number of ether oxygens (including phenoxy) is 1. The van der Waals surface area contributed by atoms with Crippen molar-refractivity contribution in [2.45, 2.75) is 37.9 Å². The van der Waals surface area contributed by atoms with E-state index < -0.39 is 0 Å². The highest BCUT2D eigenvalue weighted by Gasteiger charge is 2.19. The summed E-state index contributed by atoms with van der Waals surface area (Å²) in [6.45, 7) is 3.46. The molecule has 2 nitrogen and oxygen atoms in total. The highest BCUT2D eigenvalue weighted by molar-refractivity contribution is 5.08. The van der Waals surface area contributed by atoms with E-state index in [4.69, 9.17) is 4.74 Å². The fraction of sp³-hybridized carbons (Fsp3) is 0.600. The van der Waals surface area contributed by atoms with E-state index in [-0.39, 0.29) is 12.2 Å². The number of hydrogen-bond acceptors (Lipinski definition) is 2. The zero-order valence-electron chi connectivity index (χ0n) is 7.12. The van der Waals surface area contributed by atoms with Crippen LogP contribution < -0.4 is 0 Å². The van der Waals surface area contributed by atoms with Gasteiger partial charge in [-0.2, -0.15) is 0 Å². The van der Waals surface area contributed by atoms with Crippen molar-refractivity contribution >= 4 is 0 Å². The zero-order chi connectivity index (χ0) is 8.81. The molecule has 66 valence electrons. The van der Waals surface area contributed by atoms with Gasteiger partial charge in [-0.3, -0.25) is 0 Å². The first-order valence-corrected chi connectivity index (χ1v) is 4.28. The molecule has 0 radical (unpaired) electrons. The van der Waals surface area contributed by atoms with Gasteiger partial charge in [0, 0.05) is 0 Å². The number of aliphatic hydroxyl groups is 1. The molecule has 2 heteroatoms. The summed E-state index contributed by atoms with van der Waals surface area (Å²) in [4.78, 5) is 0. The van der Waals surface area contributed by atoms with Crippen molar-refractivity contribution < 1.29 is 9.84 Å². The molecule has 0 bridgehead atoms. The molecule has 0 aromatic rings. The van der Waals surface area contributed by atoms with Crippen LogP contribution in [-0.4, -0.2) is 17.3 Å². The molecule has 1 fully saturated rings. The maximum Gasteiger partial charge on any atom is 0.115 e. The van der Waals surface area contributed by atoms with Crippen LogP contribution in [0.3, 0.4) is 0 Å². The van der Waals surface area contributed by atoms with Crippen LogP contribution in [0.5, 0.6) is 0 Å². The molecule has 0 heterocycles. The number of rotatable bonds is 1. The largest absolute Gasteiger partial charge is 0.443 e. The van der Waals surface area contributed by atoms with E-state index in [0.29, 0.717) is 0 Å². The van der Waals surface area contributed by atoms with E-state index in [0.717, 1.165) is 25.7 Å². The quantitative estimate of drug-likeness (QED) is 0.597. The van der Waals surface area contributed by atoms with Crippen LogP contribution in [0.2, 0.25) is 0 Å². The Balaban J connectivity index is 2.21. The summed E-state index contributed by atoms with van der Waals surface area (Å²) in [6.07, 6.45) is 7.65. The van der Waals surface area contributed by atoms with Gasteiger partial charge >= 0.3 is 0 Å². The van der Waals surface area contributed by atoms with Crippen LogP contribution in [0.15, 0.2) is 12.7 Å². The van der Waals surface area contributed by atoms with E-state index >= 15 is 0 Å². The van der Waals surface area contributed by atoms with Crippen LogP contribution in [0.4, 0.5) is 0 Å². The molecule has 0 aliphatic heterocycles. The molecular weight excluding hydrogens is 152 g/mol. The Morgan fingerprint density at radius 1 is 1.33 bits per heavy atom. The van der Waals surface area contributed by atoms with Crippen molar-refractivity contribution in [1.82, 2.24) is 0 Å². The fourth-order valence-electron chi connectivity index (χ4n) is 1.32. The minimum absolute atomic E-state index is 0.128. The Kier molecular flexibility index (Phi) is 3.69. The minimum atomic E-state index is -0.128. The summed E-state index contributed by atoms with van der Waals surface area (Å²) in [5, 5.41) is 9.19. The third kappa shape index (κ3) is 2.98. The molecule has 12 heavy (non-hydrogen) atoms. The van der Waals surface area contributed by atoms with E-state index in [1.54, 1.807) is 0 Å². The zero-order valence-corrected chi connectivity index (χ0v) is 7.12. The highest BCUT2D eigenvalue weighted by atomic mass is 16.5. The van der Waals surface area contributed by atoms with Gasteiger partial charge in [0.05, 0.1) is 6.10 Å². The van der Waals surface area contributed by atoms with Crippen LogP contribution in [0, 0.1) is 12.0 Å². The smallest absolute Gasteiger partial charge is 0.115 e. The molecule has 1 aliphatic carbocycles. The summed E-state index contributed by atoms with van der Waals surface area (Å²) in [5.74, 6) is 2.64. The Morgan fingerprint density at radius 2 is 2.00 bits per heavy atom. The molecule has 0 saturated heterocycles. The van der Waals surface area contributed by atoms with Gasteiger partial charge < -0.3 is 9.84 Å². The van der Waals surface area contributed by atoms with Crippen LogP contribution in [0.25, 0.3) is 0 Å². The predicted molar refractivity (Wildman–Crippen MR) is 47.3 cm³/mol. The molecule has 1 aliphatic rings. The first-order chi connectivity index (χ1) is 5.83. The van der Waals surface area contributed by atoms with Crippen LogP contribution in [-0.2, 0) is 4.74 Å². The maximum absolute atomic E-state index is 9.19. The van der Waals surface area contributed by atoms with Crippen LogP contribution in [0.1, 0.15) is 25.7 Å². The third-order valence-electron chi connectivity index (χ3n) is 2.03.